The van der Waals surface area contributed by atoms with E-state index in [1.807, 2.05) is 49.1 Å². The molecular formula is C23H24ClN3O. The van der Waals surface area contributed by atoms with E-state index in [1.54, 1.807) is 0 Å². The lowest BCUT2D eigenvalue weighted by molar-refractivity contribution is 0.0791. The normalized spacial score (nSPS) is 16.6. The number of amides is 1. The summed E-state index contributed by atoms with van der Waals surface area (Å²) >= 11 is 6.00. The van der Waals surface area contributed by atoms with Gasteiger partial charge in [0.25, 0.3) is 5.91 Å². The fourth-order valence-corrected chi connectivity index (χ4v) is 4.14. The number of hydrogen-bond donors (Lipinski definition) is 1. The van der Waals surface area contributed by atoms with Crippen molar-refractivity contribution in [2.24, 2.45) is 0 Å². The van der Waals surface area contributed by atoms with Gasteiger partial charge < -0.3 is 9.88 Å². The topological polar surface area (TPSA) is 49.0 Å². The number of likely N-dealkylation sites (tertiary alicyclic amines) is 1. The summed E-state index contributed by atoms with van der Waals surface area (Å²) in [5.74, 6) is 1.33. The number of halogens is 1. The molecule has 5 heteroatoms. The van der Waals surface area contributed by atoms with E-state index in [0.717, 1.165) is 58.4 Å². The van der Waals surface area contributed by atoms with Crippen LogP contribution in [0.3, 0.4) is 0 Å². The van der Waals surface area contributed by atoms with Gasteiger partial charge in [0.15, 0.2) is 0 Å². The molecule has 1 saturated heterocycles. The van der Waals surface area contributed by atoms with Gasteiger partial charge in [-0.25, -0.2) is 4.98 Å². The molecular weight excluding hydrogens is 370 g/mol. The third kappa shape index (κ3) is 3.57. The third-order valence-electron chi connectivity index (χ3n) is 5.56. The van der Waals surface area contributed by atoms with Crippen LogP contribution in [0.5, 0.6) is 0 Å². The van der Waals surface area contributed by atoms with Crippen LogP contribution >= 0.6 is 11.6 Å². The number of aromatic nitrogens is 2. The number of hydrogen-bond acceptors (Lipinski definition) is 2. The Morgan fingerprint density at radius 3 is 2.57 bits per heavy atom. The Morgan fingerprint density at radius 1 is 1.14 bits per heavy atom. The first-order chi connectivity index (χ1) is 13.4. The van der Waals surface area contributed by atoms with Crippen LogP contribution in [0, 0.1) is 20.8 Å². The highest BCUT2D eigenvalue weighted by Gasteiger charge is 2.28. The Balaban J connectivity index is 1.56. The minimum Gasteiger partial charge on any atom is -0.346 e. The minimum atomic E-state index is 0.0858. The first-order valence-electron chi connectivity index (χ1n) is 9.61. The van der Waals surface area contributed by atoms with Gasteiger partial charge in [0.05, 0.1) is 5.69 Å². The van der Waals surface area contributed by atoms with Crippen molar-refractivity contribution >= 4 is 17.5 Å². The maximum Gasteiger partial charge on any atom is 0.253 e. The zero-order chi connectivity index (χ0) is 19.8. The van der Waals surface area contributed by atoms with Crippen LogP contribution < -0.4 is 0 Å². The summed E-state index contributed by atoms with van der Waals surface area (Å²) in [5, 5.41) is 0.741. The molecule has 0 spiro atoms. The van der Waals surface area contributed by atoms with Gasteiger partial charge in [-0.05, 0) is 62.6 Å². The number of aryl methyl sites for hydroxylation is 3. The summed E-state index contributed by atoms with van der Waals surface area (Å²) in [6.45, 7) is 7.53. The molecule has 1 fully saturated rings. The smallest absolute Gasteiger partial charge is 0.253 e. The largest absolute Gasteiger partial charge is 0.346 e. The molecule has 1 aliphatic heterocycles. The first-order valence-corrected chi connectivity index (χ1v) is 9.99. The van der Waals surface area contributed by atoms with E-state index in [4.69, 9.17) is 11.6 Å². The van der Waals surface area contributed by atoms with E-state index < -0.39 is 0 Å². The van der Waals surface area contributed by atoms with E-state index in [1.165, 1.54) is 5.56 Å². The molecule has 4 rings (SSSR count). The average Bonchev–Trinajstić information content (AvgIpc) is 3.29. The van der Waals surface area contributed by atoms with Gasteiger partial charge in [-0.1, -0.05) is 29.8 Å². The van der Waals surface area contributed by atoms with Crippen LogP contribution in [-0.4, -0.2) is 33.9 Å². The van der Waals surface area contributed by atoms with Crippen LogP contribution in [0.1, 0.15) is 45.3 Å². The summed E-state index contributed by atoms with van der Waals surface area (Å²) in [6.07, 6.45) is 0.976. The van der Waals surface area contributed by atoms with Gasteiger partial charge in [0, 0.05) is 40.9 Å². The monoisotopic (exact) mass is 393 g/mol. The molecule has 0 aliphatic carbocycles. The fourth-order valence-electron chi connectivity index (χ4n) is 4.02. The lowest BCUT2D eigenvalue weighted by Crippen LogP contribution is -2.28. The van der Waals surface area contributed by atoms with Crippen LogP contribution in [0.2, 0.25) is 5.02 Å². The molecule has 2 aromatic carbocycles. The summed E-state index contributed by atoms with van der Waals surface area (Å²) in [7, 11) is 0. The maximum absolute atomic E-state index is 13.1. The zero-order valence-corrected chi connectivity index (χ0v) is 17.2. The summed E-state index contributed by atoms with van der Waals surface area (Å²) in [5.41, 5.74) is 6.04. The van der Waals surface area contributed by atoms with E-state index in [9.17, 15) is 4.79 Å². The zero-order valence-electron chi connectivity index (χ0n) is 16.4. The minimum absolute atomic E-state index is 0.0858. The summed E-state index contributed by atoms with van der Waals surface area (Å²) in [6, 6.07) is 13.9. The molecule has 28 heavy (non-hydrogen) atoms. The molecule has 1 unspecified atom stereocenters. The molecule has 1 N–H and O–H groups in total. The highest BCUT2D eigenvalue weighted by molar-refractivity contribution is 6.30. The average molecular weight is 394 g/mol. The number of nitrogens with one attached hydrogen (secondary N) is 1. The Hall–Kier alpha value is -2.59. The number of H-pyrrole nitrogens is 1. The van der Waals surface area contributed by atoms with Gasteiger partial charge in [-0.3, -0.25) is 4.79 Å². The quantitative estimate of drug-likeness (QED) is 0.657. The van der Waals surface area contributed by atoms with Crippen molar-refractivity contribution in [3.63, 3.8) is 0 Å². The SMILES string of the molecule is Cc1nc(-c2cc(C(=O)N3CCC(c4ccc(Cl)cc4)C3)ccc2C)c(C)[nH]1. The van der Waals surface area contributed by atoms with Crippen molar-refractivity contribution in [1.82, 2.24) is 14.9 Å². The molecule has 1 amide bonds. The van der Waals surface area contributed by atoms with E-state index >= 15 is 0 Å². The predicted molar refractivity (Wildman–Crippen MR) is 113 cm³/mol. The highest BCUT2D eigenvalue weighted by atomic mass is 35.5. The Labute approximate surface area is 170 Å². The van der Waals surface area contributed by atoms with E-state index in [-0.39, 0.29) is 5.91 Å². The van der Waals surface area contributed by atoms with Gasteiger partial charge in [0.2, 0.25) is 0 Å². The van der Waals surface area contributed by atoms with Crippen molar-refractivity contribution in [2.75, 3.05) is 13.1 Å². The second kappa shape index (κ2) is 7.44. The van der Waals surface area contributed by atoms with Crippen molar-refractivity contribution < 1.29 is 4.79 Å². The Bertz CT molecular complexity index is 1020. The second-order valence-electron chi connectivity index (χ2n) is 7.61. The van der Waals surface area contributed by atoms with Gasteiger partial charge >= 0.3 is 0 Å². The molecule has 1 atom stereocenters. The number of carbonyl (C=O) groups is 1. The second-order valence-corrected chi connectivity index (χ2v) is 8.05. The predicted octanol–water partition coefficient (Wildman–Crippen LogP) is 5.29. The summed E-state index contributed by atoms with van der Waals surface area (Å²) in [4.78, 5) is 23.0. The number of aromatic amines is 1. The Kier molecular flexibility index (Phi) is 4.98. The number of benzene rings is 2. The van der Waals surface area contributed by atoms with Crippen LogP contribution in [-0.2, 0) is 0 Å². The lowest BCUT2D eigenvalue weighted by Gasteiger charge is -2.18. The molecule has 2 heterocycles. The summed E-state index contributed by atoms with van der Waals surface area (Å²) < 4.78 is 0. The fraction of sp³-hybridized carbons (Fsp3) is 0.304. The van der Waals surface area contributed by atoms with Crippen molar-refractivity contribution in [3.05, 3.63) is 75.7 Å². The molecule has 0 radical (unpaired) electrons. The standard InChI is InChI=1S/C23H24ClN3O/c1-14-4-5-18(12-21(14)22-15(2)25-16(3)26-22)23(28)27-11-10-19(13-27)17-6-8-20(24)9-7-17/h4-9,12,19H,10-11,13H2,1-3H3,(H,25,26). The van der Waals surface area contributed by atoms with Gasteiger partial charge in [-0.2, -0.15) is 0 Å². The molecule has 144 valence electrons. The van der Waals surface area contributed by atoms with Gasteiger partial charge in [-0.15, -0.1) is 0 Å². The lowest BCUT2D eigenvalue weighted by atomic mass is 9.98. The number of carbonyl (C=O) groups excluding carboxylic acids is 1. The van der Waals surface area contributed by atoms with Crippen molar-refractivity contribution in [1.29, 1.82) is 0 Å². The Morgan fingerprint density at radius 2 is 1.89 bits per heavy atom. The molecule has 3 aromatic rings. The van der Waals surface area contributed by atoms with Gasteiger partial charge in [0.1, 0.15) is 5.82 Å². The maximum atomic E-state index is 13.1. The number of rotatable bonds is 3. The van der Waals surface area contributed by atoms with Crippen LogP contribution in [0.15, 0.2) is 42.5 Å². The molecule has 1 aliphatic rings. The van der Waals surface area contributed by atoms with Crippen molar-refractivity contribution in [3.8, 4) is 11.3 Å². The van der Waals surface area contributed by atoms with E-state index in [0.29, 0.717) is 5.92 Å². The molecule has 1 aromatic heterocycles. The first kappa shape index (κ1) is 18.8. The van der Waals surface area contributed by atoms with Crippen LogP contribution in [0.25, 0.3) is 11.3 Å². The van der Waals surface area contributed by atoms with Crippen LogP contribution in [0.4, 0.5) is 0 Å². The third-order valence-corrected chi connectivity index (χ3v) is 5.81. The van der Waals surface area contributed by atoms with Crippen molar-refractivity contribution in [2.45, 2.75) is 33.1 Å². The number of imidazole rings is 1. The van der Waals surface area contributed by atoms with E-state index in [2.05, 4.69) is 29.0 Å². The molecule has 0 bridgehead atoms. The molecule has 4 nitrogen and oxygen atoms in total. The molecule has 0 saturated carbocycles. The highest BCUT2D eigenvalue weighted by Crippen LogP contribution is 2.31. The number of nitrogens with zero attached hydrogens (tertiary/aromatic N) is 2.